The summed E-state index contributed by atoms with van der Waals surface area (Å²) >= 11 is 0. The first kappa shape index (κ1) is 13.1. The van der Waals surface area contributed by atoms with Crippen LogP contribution in [-0.4, -0.2) is 12.3 Å². The van der Waals surface area contributed by atoms with Gasteiger partial charge in [-0.15, -0.1) is 0 Å². The molecule has 0 aromatic heterocycles. The fourth-order valence-corrected chi connectivity index (χ4v) is 3.60. The Balaban J connectivity index is 1.90. The molecule has 2 aliphatic carbocycles. The van der Waals surface area contributed by atoms with Crippen molar-refractivity contribution in [3.05, 3.63) is 0 Å². The molecule has 2 aliphatic rings. The second-order valence-electron chi connectivity index (χ2n) is 5.98. The highest BCUT2D eigenvalue weighted by molar-refractivity contribution is 5.89. The molecule has 1 heteroatoms. The molecule has 0 aliphatic heterocycles. The molecule has 0 N–H and O–H groups in total. The Morgan fingerprint density at radius 3 is 1.88 bits per heavy atom. The van der Waals surface area contributed by atoms with Gasteiger partial charge >= 0.3 is 0 Å². The van der Waals surface area contributed by atoms with E-state index in [1.807, 2.05) is 0 Å². The molecule has 0 aromatic rings. The molecule has 0 unspecified atom stereocenters. The van der Waals surface area contributed by atoms with Crippen molar-refractivity contribution in [2.75, 3.05) is 6.54 Å². The smallest absolute Gasteiger partial charge is 0.0388 e. The average molecular weight is 235 g/mol. The lowest BCUT2D eigenvalue weighted by molar-refractivity contribution is 0.617. The fraction of sp³-hybridized carbons (Fsp3) is 0.938. The molecule has 0 bridgehead atoms. The summed E-state index contributed by atoms with van der Waals surface area (Å²) in [5.74, 6) is 1.75. The van der Waals surface area contributed by atoms with Crippen LogP contribution in [0.2, 0.25) is 0 Å². The van der Waals surface area contributed by atoms with Crippen LogP contribution >= 0.6 is 0 Å². The van der Waals surface area contributed by atoms with Gasteiger partial charge in [-0.25, -0.2) is 0 Å². The molecule has 2 rings (SSSR count). The first-order valence-electron chi connectivity index (χ1n) is 7.96. The zero-order chi connectivity index (χ0) is 11.9. The number of rotatable bonds is 6. The second kappa shape index (κ2) is 7.18. The lowest BCUT2D eigenvalue weighted by atomic mass is 9.89. The van der Waals surface area contributed by atoms with Gasteiger partial charge in [-0.2, -0.15) is 0 Å². The van der Waals surface area contributed by atoms with E-state index in [1.54, 1.807) is 5.71 Å². The Labute approximate surface area is 107 Å². The molecule has 1 nitrogen and oxygen atoms in total. The Hall–Kier alpha value is -0.330. The van der Waals surface area contributed by atoms with Gasteiger partial charge in [0.1, 0.15) is 0 Å². The first-order valence-corrected chi connectivity index (χ1v) is 7.96. The lowest BCUT2D eigenvalue weighted by Crippen LogP contribution is -2.20. The molecule has 17 heavy (non-hydrogen) atoms. The summed E-state index contributed by atoms with van der Waals surface area (Å²) in [6.45, 7) is 3.38. The third-order valence-corrected chi connectivity index (χ3v) is 4.60. The highest BCUT2D eigenvalue weighted by atomic mass is 14.8. The monoisotopic (exact) mass is 235 g/mol. The van der Waals surface area contributed by atoms with Crippen molar-refractivity contribution in [1.82, 2.24) is 0 Å². The fourth-order valence-electron chi connectivity index (χ4n) is 3.60. The third-order valence-electron chi connectivity index (χ3n) is 4.60. The summed E-state index contributed by atoms with van der Waals surface area (Å²) in [5.41, 5.74) is 1.65. The second-order valence-corrected chi connectivity index (χ2v) is 5.98. The van der Waals surface area contributed by atoms with E-state index in [-0.39, 0.29) is 0 Å². The maximum atomic E-state index is 5.04. The maximum absolute atomic E-state index is 5.04. The van der Waals surface area contributed by atoms with E-state index < -0.39 is 0 Å². The van der Waals surface area contributed by atoms with Gasteiger partial charge in [0.2, 0.25) is 0 Å². The minimum absolute atomic E-state index is 0.875. The first-order chi connectivity index (χ1) is 8.42. The van der Waals surface area contributed by atoms with E-state index in [0.717, 1.165) is 18.4 Å². The van der Waals surface area contributed by atoms with Crippen LogP contribution in [0.5, 0.6) is 0 Å². The van der Waals surface area contributed by atoms with Crippen LogP contribution in [0.15, 0.2) is 4.99 Å². The molecule has 0 amide bonds. The predicted octanol–water partition coefficient (Wildman–Crippen LogP) is 5.00. The van der Waals surface area contributed by atoms with Gasteiger partial charge < -0.3 is 0 Å². The lowest BCUT2D eigenvalue weighted by Gasteiger charge is -2.19. The van der Waals surface area contributed by atoms with Crippen LogP contribution in [0.4, 0.5) is 0 Å². The predicted molar refractivity (Wildman–Crippen MR) is 75.7 cm³/mol. The normalized spacial score (nSPS) is 22.2. The molecule has 0 saturated heterocycles. The molecule has 0 heterocycles. The highest BCUT2D eigenvalue weighted by Crippen LogP contribution is 2.35. The van der Waals surface area contributed by atoms with E-state index in [2.05, 4.69) is 6.92 Å². The molecule has 0 atom stereocenters. The minimum Gasteiger partial charge on any atom is -0.294 e. The van der Waals surface area contributed by atoms with Gasteiger partial charge in [0, 0.05) is 12.3 Å². The number of hydrogen-bond acceptors (Lipinski definition) is 1. The van der Waals surface area contributed by atoms with Crippen molar-refractivity contribution in [1.29, 1.82) is 0 Å². The zero-order valence-electron chi connectivity index (χ0n) is 11.6. The van der Waals surface area contributed by atoms with E-state index >= 15 is 0 Å². The summed E-state index contributed by atoms with van der Waals surface area (Å²) in [6.07, 6.45) is 15.5. The minimum atomic E-state index is 0.875. The summed E-state index contributed by atoms with van der Waals surface area (Å²) in [4.78, 5) is 5.04. The molecular weight excluding hydrogens is 206 g/mol. The van der Waals surface area contributed by atoms with Crippen molar-refractivity contribution in [3.63, 3.8) is 0 Å². The summed E-state index contributed by atoms with van der Waals surface area (Å²) in [7, 11) is 0. The van der Waals surface area contributed by atoms with Crippen LogP contribution < -0.4 is 0 Å². The summed E-state index contributed by atoms with van der Waals surface area (Å²) < 4.78 is 0. The van der Waals surface area contributed by atoms with Crippen molar-refractivity contribution in [3.8, 4) is 0 Å². The molecular formula is C16H29N. The van der Waals surface area contributed by atoms with Crippen LogP contribution in [0, 0.1) is 11.8 Å². The van der Waals surface area contributed by atoms with E-state index in [0.29, 0.717) is 0 Å². The number of nitrogens with zero attached hydrogens (tertiary/aromatic N) is 1. The van der Waals surface area contributed by atoms with Crippen LogP contribution in [0.25, 0.3) is 0 Å². The zero-order valence-corrected chi connectivity index (χ0v) is 11.6. The SMILES string of the molecule is CCCCCN=C(C1CCCC1)C1CCCC1. The van der Waals surface area contributed by atoms with E-state index in [1.165, 1.54) is 70.6 Å². The topological polar surface area (TPSA) is 12.4 Å². The van der Waals surface area contributed by atoms with Gasteiger partial charge in [-0.3, -0.25) is 4.99 Å². The van der Waals surface area contributed by atoms with Crippen molar-refractivity contribution >= 4 is 5.71 Å². The van der Waals surface area contributed by atoms with E-state index in [9.17, 15) is 0 Å². The Bertz CT molecular complexity index is 214. The summed E-state index contributed by atoms with van der Waals surface area (Å²) in [5, 5.41) is 0. The Kier molecular flexibility index (Phi) is 5.54. The van der Waals surface area contributed by atoms with Gasteiger partial charge in [0.15, 0.2) is 0 Å². The van der Waals surface area contributed by atoms with Crippen molar-refractivity contribution in [2.45, 2.75) is 77.6 Å². The van der Waals surface area contributed by atoms with E-state index in [4.69, 9.17) is 4.99 Å². The highest BCUT2D eigenvalue weighted by Gasteiger charge is 2.28. The summed E-state index contributed by atoms with van der Waals surface area (Å²) in [6, 6.07) is 0. The van der Waals surface area contributed by atoms with Gasteiger partial charge in [0.05, 0.1) is 0 Å². The third kappa shape index (κ3) is 3.82. The number of unbranched alkanes of at least 4 members (excludes halogenated alkanes) is 2. The largest absolute Gasteiger partial charge is 0.294 e. The molecule has 0 spiro atoms. The number of hydrogen-bond donors (Lipinski definition) is 0. The Morgan fingerprint density at radius 2 is 1.41 bits per heavy atom. The van der Waals surface area contributed by atoms with Crippen molar-refractivity contribution in [2.24, 2.45) is 16.8 Å². The van der Waals surface area contributed by atoms with Gasteiger partial charge in [-0.1, -0.05) is 45.4 Å². The van der Waals surface area contributed by atoms with Gasteiger partial charge in [-0.05, 0) is 43.9 Å². The molecule has 0 aromatic carbocycles. The van der Waals surface area contributed by atoms with Crippen LogP contribution in [0.1, 0.15) is 77.6 Å². The molecule has 2 saturated carbocycles. The van der Waals surface area contributed by atoms with Crippen molar-refractivity contribution < 1.29 is 0 Å². The van der Waals surface area contributed by atoms with Crippen LogP contribution in [0.3, 0.4) is 0 Å². The molecule has 98 valence electrons. The average Bonchev–Trinajstić information content (AvgIpc) is 3.02. The Morgan fingerprint density at radius 1 is 0.882 bits per heavy atom. The van der Waals surface area contributed by atoms with Crippen LogP contribution in [-0.2, 0) is 0 Å². The van der Waals surface area contributed by atoms with Gasteiger partial charge in [0.25, 0.3) is 0 Å². The molecule has 2 fully saturated rings. The quantitative estimate of drug-likeness (QED) is 0.454. The maximum Gasteiger partial charge on any atom is 0.0388 e. The molecule has 0 radical (unpaired) electrons. The number of aliphatic imine (C=N–C) groups is 1. The standard InChI is InChI=1S/C16H29N/c1-2-3-8-13-17-16(14-9-4-5-10-14)15-11-6-7-12-15/h14-15H,2-13H2,1H3.